The number of primary amides is 1. The number of ether oxygens (including phenoxy) is 1. The molecular formula is C19H22N6O2. The van der Waals surface area contributed by atoms with E-state index in [1.54, 1.807) is 12.5 Å². The van der Waals surface area contributed by atoms with Crippen LogP contribution >= 0.6 is 0 Å². The van der Waals surface area contributed by atoms with Crippen molar-refractivity contribution >= 4 is 23.0 Å². The van der Waals surface area contributed by atoms with E-state index >= 15 is 0 Å². The van der Waals surface area contributed by atoms with Gasteiger partial charge in [0, 0.05) is 17.6 Å². The first-order valence-electron chi connectivity index (χ1n) is 9.13. The molecule has 27 heavy (non-hydrogen) atoms. The maximum atomic E-state index is 11.3. The number of benzene rings is 1. The van der Waals surface area contributed by atoms with Gasteiger partial charge in [0.05, 0.1) is 12.8 Å². The third kappa shape index (κ3) is 3.55. The van der Waals surface area contributed by atoms with Gasteiger partial charge in [0.1, 0.15) is 17.6 Å². The predicted octanol–water partition coefficient (Wildman–Crippen LogP) is 2.28. The van der Waals surface area contributed by atoms with Crippen LogP contribution in [-0.2, 0) is 4.79 Å². The van der Waals surface area contributed by atoms with E-state index in [9.17, 15) is 4.79 Å². The summed E-state index contributed by atoms with van der Waals surface area (Å²) in [5, 5.41) is 3.32. The van der Waals surface area contributed by atoms with Crippen molar-refractivity contribution in [1.82, 2.24) is 19.5 Å². The molecular weight excluding hydrogens is 344 g/mol. The lowest BCUT2D eigenvalue weighted by molar-refractivity contribution is -0.121. The Bertz CT molecular complexity index is 952. The Kier molecular flexibility index (Phi) is 4.62. The fourth-order valence-electron chi connectivity index (χ4n) is 3.49. The molecule has 4 rings (SSSR count). The number of nitrogens with one attached hydrogen (secondary N) is 1. The second kappa shape index (κ2) is 7.22. The van der Waals surface area contributed by atoms with Crippen LogP contribution in [0.1, 0.15) is 26.2 Å². The van der Waals surface area contributed by atoms with Crippen molar-refractivity contribution in [2.75, 3.05) is 11.9 Å². The van der Waals surface area contributed by atoms with E-state index in [4.69, 9.17) is 10.5 Å². The number of nitrogens with two attached hydrogens (primary N) is 1. The fraction of sp³-hybridized carbons (Fsp3) is 0.368. The lowest BCUT2D eigenvalue weighted by Crippen LogP contribution is -2.23. The van der Waals surface area contributed by atoms with Crippen LogP contribution in [0, 0.1) is 5.92 Å². The summed E-state index contributed by atoms with van der Waals surface area (Å²) in [6.07, 6.45) is 5.84. The molecule has 0 unspecified atom stereocenters. The van der Waals surface area contributed by atoms with Crippen molar-refractivity contribution in [2.45, 2.75) is 32.2 Å². The van der Waals surface area contributed by atoms with Gasteiger partial charge in [-0.2, -0.15) is 4.98 Å². The topological polar surface area (TPSA) is 108 Å². The molecule has 1 saturated carbocycles. The van der Waals surface area contributed by atoms with E-state index in [0.29, 0.717) is 12.6 Å². The molecule has 0 saturated heterocycles. The first-order chi connectivity index (χ1) is 13.1. The summed E-state index contributed by atoms with van der Waals surface area (Å²) >= 11 is 0. The number of anilines is 1. The van der Waals surface area contributed by atoms with Gasteiger partial charge in [-0.15, -0.1) is 0 Å². The number of rotatable bonds is 6. The summed E-state index contributed by atoms with van der Waals surface area (Å²) in [4.78, 5) is 24.7. The van der Waals surface area contributed by atoms with Gasteiger partial charge >= 0.3 is 0 Å². The van der Waals surface area contributed by atoms with Gasteiger partial charge in [0.15, 0.2) is 5.65 Å². The van der Waals surface area contributed by atoms with Crippen molar-refractivity contribution in [1.29, 1.82) is 0 Å². The number of amides is 1. The van der Waals surface area contributed by atoms with Crippen molar-refractivity contribution in [2.24, 2.45) is 11.7 Å². The molecule has 1 aromatic carbocycles. The van der Waals surface area contributed by atoms with Crippen LogP contribution in [0.2, 0.25) is 0 Å². The van der Waals surface area contributed by atoms with Gasteiger partial charge < -0.3 is 15.8 Å². The molecule has 8 heteroatoms. The van der Waals surface area contributed by atoms with Crippen molar-refractivity contribution in [3.05, 3.63) is 36.8 Å². The molecule has 0 radical (unpaired) electrons. The summed E-state index contributed by atoms with van der Waals surface area (Å²) in [5.41, 5.74) is 7.80. The van der Waals surface area contributed by atoms with Gasteiger partial charge in [-0.05, 0) is 50.5 Å². The third-order valence-electron chi connectivity index (χ3n) is 4.88. The van der Waals surface area contributed by atoms with Crippen LogP contribution in [-0.4, -0.2) is 38.1 Å². The van der Waals surface area contributed by atoms with Crippen LogP contribution in [0.4, 0.5) is 5.95 Å². The number of imidazole rings is 1. The molecule has 3 N–H and O–H groups in total. The monoisotopic (exact) mass is 366 g/mol. The Hall–Kier alpha value is -3.16. The van der Waals surface area contributed by atoms with Crippen molar-refractivity contribution < 1.29 is 9.53 Å². The number of hydrogen-bond donors (Lipinski definition) is 2. The van der Waals surface area contributed by atoms with E-state index in [0.717, 1.165) is 41.9 Å². The van der Waals surface area contributed by atoms with E-state index < -0.39 is 0 Å². The molecule has 2 heterocycles. The summed E-state index contributed by atoms with van der Waals surface area (Å²) < 4.78 is 7.41. The molecule has 0 spiro atoms. The second-order valence-corrected chi connectivity index (χ2v) is 6.70. The molecule has 8 nitrogen and oxygen atoms in total. The maximum Gasteiger partial charge on any atom is 0.224 e. The number of carbonyl (C=O) groups is 1. The van der Waals surface area contributed by atoms with Crippen LogP contribution in [0.15, 0.2) is 36.8 Å². The lowest BCUT2D eigenvalue weighted by Gasteiger charge is -2.12. The summed E-state index contributed by atoms with van der Waals surface area (Å²) in [5.74, 6) is 1.06. The first kappa shape index (κ1) is 17.3. The average Bonchev–Trinajstić information content (AvgIpc) is 3.30. The van der Waals surface area contributed by atoms with Crippen molar-refractivity contribution in [3.8, 4) is 11.4 Å². The second-order valence-electron chi connectivity index (χ2n) is 6.70. The molecule has 1 fully saturated rings. The molecule has 2 atom stereocenters. The van der Waals surface area contributed by atoms with Gasteiger partial charge in [0.25, 0.3) is 0 Å². The lowest BCUT2D eigenvalue weighted by atomic mass is 10.1. The van der Waals surface area contributed by atoms with Crippen LogP contribution < -0.4 is 15.8 Å². The van der Waals surface area contributed by atoms with Crippen LogP contribution in [0.5, 0.6) is 5.75 Å². The fourth-order valence-corrected chi connectivity index (χ4v) is 3.49. The van der Waals surface area contributed by atoms with E-state index in [2.05, 4.69) is 20.3 Å². The zero-order chi connectivity index (χ0) is 18.8. The molecule has 140 valence electrons. The molecule has 2 aromatic heterocycles. The van der Waals surface area contributed by atoms with E-state index in [1.165, 1.54) is 0 Å². The highest BCUT2D eigenvalue weighted by atomic mass is 16.5. The predicted molar refractivity (Wildman–Crippen MR) is 102 cm³/mol. The Morgan fingerprint density at radius 3 is 2.81 bits per heavy atom. The molecule has 1 aliphatic rings. The van der Waals surface area contributed by atoms with Gasteiger partial charge in [-0.3, -0.25) is 9.36 Å². The highest BCUT2D eigenvalue weighted by molar-refractivity contribution is 5.77. The summed E-state index contributed by atoms with van der Waals surface area (Å²) in [6, 6.07) is 7.94. The normalized spacial score (nSPS) is 19.3. The molecule has 1 amide bonds. The number of carbonyl (C=O) groups excluding carboxylic acids is 1. The third-order valence-corrected chi connectivity index (χ3v) is 4.88. The van der Waals surface area contributed by atoms with Crippen molar-refractivity contribution in [3.63, 3.8) is 0 Å². The molecule has 0 aliphatic heterocycles. The minimum absolute atomic E-state index is 0.0689. The molecule has 0 bridgehead atoms. The highest BCUT2D eigenvalue weighted by Crippen LogP contribution is 2.27. The first-order valence-corrected chi connectivity index (χ1v) is 9.13. The molecule has 1 aliphatic carbocycles. The summed E-state index contributed by atoms with van der Waals surface area (Å²) in [7, 11) is 0. The van der Waals surface area contributed by atoms with Gasteiger partial charge in [-0.1, -0.05) is 0 Å². The number of aromatic nitrogens is 4. The Morgan fingerprint density at radius 2 is 2.11 bits per heavy atom. The highest BCUT2D eigenvalue weighted by Gasteiger charge is 2.28. The maximum absolute atomic E-state index is 11.3. The molecule has 3 aromatic rings. The smallest absolute Gasteiger partial charge is 0.224 e. The van der Waals surface area contributed by atoms with E-state index in [1.807, 2.05) is 35.8 Å². The minimum Gasteiger partial charge on any atom is -0.494 e. The SMILES string of the molecule is CCOc1ccc(-n2cnc3cnc(N[C@@H]4CC[C@@H](C(N)=O)C4)nc32)cc1. The van der Waals surface area contributed by atoms with Crippen LogP contribution in [0.3, 0.4) is 0 Å². The Morgan fingerprint density at radius 1 is 1.30 bits per heavy atom. The van der Waals surface area contributed by atoms with Crippen LogP contribution in [0.25, 0.3) is 16.9 Å². The Labute approximate surface area is 156 Å². The van der Waals surface area contributed by atoms with Gasteiger partial charge in [0.2, 0.25) is 11.9 Å². The summed E-state index contributed by atoms with van der Waals surface area (Å²) in [6.45, 7) is 2.59. The average molecular weight is 366 g/mol. The number of fused-ring (bicyclic) bond motifs is 1. The zero-order valence-electron chi connectivity index (χ0n) is 15.1. The minimum atomic E-state index is -0.232. The Balaban J connectivity index is 1.57. The number of nitrogens with zero attached hydrogens (tertiary/aromatic N) is 4. The largest absolute Gasteiger partial charge is 0.494 e. The standard InChI is InChI=1S/C19H22N6O2/c1-2-27-15-7-5-14(6-8-15)25-11-22-16-10-21-19(24-18(16)25)23-13-4-3-12(9-13)17(20)26/h5-8,10-13H,2-4,9H2,1H3,(H2,20,26)(H,21,23,24)/t12-,13-/m1/s1. The number of hydrogen-bond acceptors (Lipinski definition) is 6. The zero-order valence-corrected chi connectivity index (χ0v) is 15.1. The van der Waals surface area contributed by atoms with Gasteiger partial charge in [-0.25, -0.2) is 9.97 Å². The quantitative estimate of drug-likeness (QED) is 0.693. The van der Waals surface area contributed by atoms with E-state index in [-0.39, 0.29) is 17.9 Å².